The minimum Gasteiger partial charge on any atom is -1.00 e. The molecule has 1 aromatic carbocycles. The van der Waals surface area contributed by atoms with Gasteiger partial charge in [-0.1, -0.05) is 30.9 Å². The second kappa shape index (κ2) is 6.06. The van der Waals surface area contributed by atoms with E-state index >= 15 is 0 Å². The van der Waals surface area contributed by atoms with Crippen molar-refractivity contribution in [2.75, 3.05) is 0 Å². The van der Waals surface area contributed by atoms with Gasteiger partial charge in [0.1, 0.15) is 37.3 Å². The Bertz CT molecular complexity index is 540. The zero-order valence-corrected chi connectivity index (χ0v) is 12.3. The van der Waals surface area contributed by atoms with Crippen LogP contribution in [0.25, 0.3) is 0 Å². The quantitative estimate of drug-likeness (QED) is 0.520. The minimum atomic E-state index is 0. The number of allylic oxidation sites excluding steroid dienone is 1. The zero-order chi connectivity index (χ0) is 12.4. The minimum absolute atomic E-state index is 0. The van der Waals surface area contributed by atoms with Gasteiger partial charge in [-0.05, 0) is 11.6 Å². The Labute approximate surface area is 123 Å². The first kappa shape index (κ1) is 13.9. The van der Waals surface area contributed by atoms with Gasteiger partial charge in [0.2, 0.25) is 6.33 Å². The molecule has 1 unspecified atom stereocenters. The first-order chi connectivity index (χ1) is 8.85. The lowest BCUT2D eigenvalue weighted by atomic mass is 10.1. The SMILES string of the molecule is C=CCn1cc[n+](CC2Cc3ccccc3O2)c1.[Br-]. The first-order valence-electron chi connectivity index (χ1n) is 6.25. The van der Waals surface area contributed by atoms with Gasteiger partial charge in [-0.25, -0.2) is 9.13 Å². The molecule has 0 spiro atoms. The topological polar surface area (TPSA) is 18.0 Å². The van der Waals surface area contributed by atoms with Gasteiger partial charge in [-0.15, -0.1) is 0 Å². The number of rotatable bonds is 4. The van der Waals surface area contributed by atoms with Crippen molar-refractivity contribution < 1.29 is 26.3 Å². The molecule has 0 saturated heterocycles. The number of para-hydroxylation sites is 1. The summed E-state index contributed by atoms with van der Waals surface area (Å²) in [6.07, 6.45) is 9.36. The molecule has 0 radical (unpaired) electrons. The van der Waals surface area contributed by atoms with Crippen molar-refractivity contribution in [2.45, 2.75) is 25.6 Å². The Balaban J connectivity index is 0.00000133. The average molecular weight is 321 g/mol. The van der Waals surface area contributed by atoms with E-state index in [0.717, 1.165) is 25.3 Å². The van der Waals surface area contributed by atoms with Crippen molar-refractivity contribution >= 4 is 0 Å². The number of fused-ring (bicyclic) bond motifs is 1. The highest BCUT2D eigenvalue weighted by atomic mass is 79.9. The first-order valence-corrected chi connectivity index (χ1v) is 6.25. The fourth-order valence-electron chi connectivity index (χ4n) is 2.39. The molecule has 4 heteroatoms. The van der Waals surface area contributed by atoms with Gasteiger partial charge < -0.3 is 21.7 Å². The predicted molar refractivity (Wildman–Crippen MR) is 69.4 cm³/mol. The van der Waals surface area contributed by atoms with E-state index in [1.165, 1.54) is 5.56 Å². The van der Waals surface area contributed by atoms with Gasteiger partial charge in [-0.3, -0.25) is 0 Å². The van der Waals surface area contributed by atoms with Gasteiger partial charge in [0.05, 0.1) is 0 Å². The third kappa shape index (κ3) is 3.07. The van der Waals surface area contributed by atoms with Crippen LogP contribution >= 0.6 is 0 Å². The van der Waals surface area contributed by atoms with Crippen molar-refractivity contribution in [1.82, 2.24) is 4.57 Å². The molecule has 1 aliphatic rings. The van der Waals surface area contributed by atoms with Crippen LogP contribution in [0.2, 0.25) is 0 Å². The fourth-order valence-corrected chi connectivity index (χ4v) is 2.39. The number of aromatic nitrogens is 2. The summed E-state index contributed by atoms with van der Waals surface area (Å²) in [7, 11) is 0. The van der Waals surface area contributed by atoms with Crippen LogP contribution in [0.1, 0.15) is 5.56 Å². The molecule has 0 saturated carbocycles. The summed E-state index contributed by atoms with van der Waals surface area (Å²) in [5.41, 5.74) is 1.31. The molecule has 2 aromatic rings. The lowest BCUT2D eigenvalue weighted by Crippen LogP contribution is -3.00. The Hall–Kier alpha value is -1.55. The number of ether oxygens (including phenoxy) is 1. The predicted octanol–water partition coefficient (Wildman–Crippen LogP) is -1.03. The molecule has 0 N–H and O–H groups in total. The van der Waals surface area contributed by atoms with E-state index in [9.17, 15) is 0 Å². The Morgan fingerprint density at radius 2 is 2.26 bits per heavy atom. The van der Waals surface area contributed by atoms with Gasteiger partial charge in [0, 0.05) is 6.42 Å². The number of benzene rings is 1. The van der Waals surface area contributed by atoms with E-state index in [0.29, 0.717) is 0 Å². The van der Waals surface area contributed by atoms with Crippen molar-refractivity contribution in [3.63, 3.8) is 0 Å². The molecule has 100 valence electrons. The van der Waals surface area contributed by atoms with Gasteiger partial charge in [-0.2, -0.15) is 0 Å². The second-order valence-corrected chi connectivity index (χ2v) is 4.65. The molecule has 3 rings (SSSR count). The molecule has 0 bridgehead atoms. The average Bonchev–Trinajstić information content (AvgIpc) is 2.96. The number of hydrogen-bond acceptors (Lipinski definition) is 1. The van der Waals surface area contributed by atoms with Crippen LogP contribution in [0.15, 0.2) is 55.6 Å². The Morgan fingerprint density at radius 1 is 1.42 bits per heavy atom. The second-order valence-electron chi connectivity index (χ2n) is 4.65. The van der Waals surface area contributed by atoms with E-state index in [1.807, 2.05) is 18.2 Å². The molecular weight excluding hydrogens is 304 g/mol. The maximum Gasteiger partial charge on any atom is 0.244 e. The molecule has 1 aliphatic heterocycles. The summed E-state index contributed by atoms with van der Waals surface area (Å²) < 4.78 is 10.2. The van der Waals surface area contributed by atoms with Gasteiger partial charge in [0.25, 0.3) is 0 Å². The lowest BCUT2D eigenvalue weighted by molar-refractivity contribution is -0.701. The maximum atomic E-state index is 5.93. The zero-order valence-electron chi connectivity index (χ0n) is 10.7. The maximum absolute atomic E-state index is 5.93. The highest BCUT2D eigenvalue weighted by molar-refractivity contribution is 5.36. The van der Waals surface area contributed by atoms with Gasteiger partial charge in [0.15, 0.2) is 0 Å². The van der Waals surface area contributed by atoms with Crippen LogP contribution in [-0.4, -0.2) is 10.7 Å². The molecule has 1 atom stereocenters. The monoisotopic (exact) mass is 320 g/mol. The molecule has 19 heavy (non-hydrogen) atoms. The summed E-state index contributed by atoms with van der Waals surface area (Å²) in [6.45, 7) is 5.47. The van der Waals surface area contributed by atoms with E-state index in [1.54, 1.807) is 0 Å². The van der Waals surface area contributed by atoms with Crippen LogP contribution in [0.5, 0.6) is 5.75 Å². The summed E-state index contributed by atoms with van der Waals surface area (Å²) in [6, 6.07) is 8.28. The summed E-state index contributed by atoms with van der Waals surface area (Å²) >= 11 is 0. The van der Waals surface area contributed by atoms with Crippen molar-refractivity contribution in [3.8, 4) is 5.75 Å². The van der Waals surface area contributed by atoms with Crippen LogP contribution in [0.3, 0.4) is 0 Å². The van der Waals surface area contributed by atoms with Crippen LogP contribution in [0, 0.1) is 0 Å². The molecule has 2 heterocycles. The van der Waals surface area contributed by atoms with E-state index in [2.05, 4.69) is 46.6 Å². The highest BCUT2D eigenvalue weighted by Gasteiger charge is 2.24. The summed E-state index contributed by atoms with van der Waals surface area (Å²) in [5.74, 6) is 1.04. The smallest absolute Gasteiger partial charge is 0.244 e. The molecule has 3 nitrogen and oxygen atoms in total. The molecule has 0 fully saturated rings. The summed E-state index contributed by atoms with van der Waals surface area (Å²) in [4.78, 5) is 0. The Kier molecular flexibility index (Phi) is 4.43. The van der Waals surface area contributed by atoms with Crippen LogP contribution < -0.4 is 26.3 Å². The van der Waals surface area contributed by atoms with Crippen molar-refractivity contribution in [1.29, 1.82) is 0 Å². The molecule has 0 aliphatic carbocycles. The number of imidazole rings is 1. The van der Waals surface area contributed by atoms with Gasteiger partial charge >= 0.3 is 0 Å². The standard InChI is InChI=1S/C15H17N2O.BrH/c1-2-7-16-8-9-17(12-16)11-14-10-13-5-3-4-6-15(13)18-14;/h2-6,8-9,12,14H,1,7,10-11H2;1H/q+1;/p-1. The third-order valence-electron chi connectivity index (χ3n) is 3.21. The van der Waals surface area contributed by atoms with E-state index < -0.39 is 0 Å². The molecular formula is C15H17BrN2O. The van der Waals surface area contributed by atoms with Crippen molar-refractivity contribution in [2.24, 2.45) is 0 Å². The highest BCUT2D eigenvalue weighted by Crippen LogP contribution is 2.27. The third-order valence-corrected chi connectivity index (χ3v) is 3.21. The van der Waals surface area contributed by atoms with Crippen molar-refractivity contribution in [3.05, 3.63) is 61.2 Å². The Morgan fingerprint density at radius 3 is 3.05 bits per heavy atom. The molecule has 0 amide bonds. The number of halogens is 1. The lowest BCUT2D eigenvalue weighted by Gasteiger charge is -2.07. The normalized spacial score (nSPS) is 16.3. The van der Waals surface area contributed by atoms with E-state index in [4.69, 9.17) is 4.74 Å². The fraction of sp³-hybridized carbons (Fsp3) is 0.267. The van der Waals surface area contributed by atoms with Crippen LogP contribution in [-0.2, 0) is 19.5 Å². The van der Waals surface area contributed by atoms with Crippen LogP contribution in [0.4, 0.5) is 0 Å². The summed E-state index contributed by atoms with van der Waals surface area (Å²) in [5, 5.41) is 0. The number of nitrogens with zero attached hydrogens (tertiary/aromatic N) is 2. The molecule has 1 aromatic heterocycles. The van der Waals surface area contributed by atoms with E-state index in [-0.39, 0.29) is 23.1 Å². The number of hydrogen-bond donors (Lipinski definition) is 0. The largest absolute Gasteiger partial charge is 1.00 e.